The topological polar surface area (TPSA) is 15.7 Å². The van der Waals surface area contributed by atoms with Crippen LogP contribution in [0.1, 0.15) is 26.7 Å². The second-order valence-corrected chi connectivity index (χ2v) is 5.70. The second kappa shape index (κ2) is 5.48. The van der Waals surface area contributed by atoms with Crippen LogP contribution in [0.2, 0.25) is 0 Å². The molecule has 3 nitrogen and oxygen atoms in total. The Labute approximate surface area is 99.7 Å². The molecular weight excluding hydrogens is 200 g/mol. The van der Waals surface area contributed by atoms with E-state index in [1.165, 1.54) is 32.5 Å². The molecule has 0 N–H and O–H groups in total. The quantitative estimate of drug-likeness (QED) is 0.724. The van der Waals surface area contributed by atoms with Gasteiger partial charge in [-0.3, -0.25) is 4.90 Å². The Hall–Kier alpha value is -0.120. The van der Waals surface area contributed by atoms with Gasteiger partial charge < -0.3 is 9.64 Å². The molecule has 16 heavy (non-hydrogen) atoms. The summed E-state index contributed by atoms with van der Waals surface area (Å²) in [5.41, 5.74) is 0. The van der Waals surface area contributed by atoms with Crippen molar-refractivity contribution in [3.05, 3.63) is 0 Å². The maximum absolute atomic E-state index is 5.76. The molecule has 3 heteroatoms. The largest absolute Gasteiger partial charge is 0.377 e. The summed E-state index contributed by atoms with van der Waals surface area (Å²) in [7, 11) is 2.23. The predicted octanol–water partition coefficient (Wildman–Crippen LogP) is 1.44. The zero-order valence-electron chi connectivity index (χ0n) is 11.0. The highest BCUT2D eigenvalue weighted by molar-refractivity contribution is 4.85. The molecule has 0 saturated carbocycles. The summed E-state index contributed by atoms with van der Waals surface area (Å²) in [4.78, 5) is 5.11. The van der Waals surface area contributed by atoms with Gasteiger partial charge in [-0.25, -0.2) is 0 Å². The Balaban J connectivity index is 1.89. The van der Waals surface area contributed by atoms with Crippen LogP contribution in [0.5, 0.6) is 0 Å². The van der Waals surface area contributed by atoms with Crippen molar-refractivity contribution in [3.8, 4) is 0 Å². The zero-order valence-corrected chi connectivity index (χ0v) is 11.0. The number of hydrogen-bond acceptors (Lipinski definition) is 3. The highest BCUT2D eigenvalue weighted by Crippen LogP contribution is 2.20. The van der Waals surface area contributed by atoms with E-state index in [0.717, 1.165) is 19.1 Å². The summed E-state index contributed by atoms with van der Waals surface area (Å²) in [5, 5.41) is 0. The summed E-state index contributed by atoms with van der Waals surface area (Å²) >= 11 is 0. The monoisotopic (exact) mass is 226 g/mol. The minimum atomic E-state index is 0.504. The van der Waals surface area contributed by atoms with Gasteiger partial charge in [0.1, 0.15) is 0 Å². The van der Waals surface area contributed by atoms with Gasteiger partial charge in [0.15, 0.2) is 0 Å². The van der Waals surface area contributed by atoms with E-state index in [1.54, 1.807) is 0 Å². The van der Waals surface area contributed by atoms with Gasteiger partial charge in [0.2, 0.25) is 0 Å². The first-order valence-corrected chi connectivity index (χ1v) is 6.71. The van der Waals surface area contributed by atoms with Crippen molar-refractivity contribution in [2.24, 2.45) is 5.92 Å². The summed E-state index contributed by atoms with van der Waals surface area (Å²) in [5.74, 6) is 0.740. The Morgan fingerprint density at radius 1 is 1.31 bits per heavy atom. The predicted molar refractivity (Wildman–Crippen MR) is 66.7 cm³/mol. The van der Waals surface area contributed by atoms with E-state index in [-0.39, 0.29) is 0 Å². The molecule has 0 aromatic carbocycles. The molecular formula is C13H26N2O. The molecule has 94 valence electrons. The van der Waals surface area contributed by atoms with Crippen LogP contribution in [0.3, 0.4) is 0 Å². The molecule has 2 saturated heterocycles. The van der Waals surface area contributed by atoms with Crippen LogP contribution < -0.4 is 0 Å². The van der Waals surface area contributed by atoms with Gasteiger partial charge in [-0.2, -0.15) is 0 Å². The Bertz CT molecular complexity index is 214. The maximum Gasteiger partial charge on any atom is 0.0702 e. The minimum Gasteiger partial charge on any atom is -0.377 e. The van der Waals surface area contributed by atoms with E-state index in [1.807, 2.05) is 0 Å². The van der Waals surface area contributed by atoms with Crippen LogP contribution in [-0.4, -0.2) is 61.8 Å². The van der Waals surface area contributed by atoms with E-state index in [0.29, 0.717) is 12.1 Å². The molecule has 0 amide bonds. The van der Waals surface area contributed by atoms with E-state index in [9.17, 15) is 0 Å². The van der Waals surface area contributed by atoms with Gasteiger partial charge in [0.05, 0.1) is 6.10 Å². The number of rotatable bonds is 3. The standard InChI is InChI=1S/C13H26N2O/c1-11(2)13-10-14(3)6-7-15(13)9-12-5-4-8-16-12/h11-13H,4-10H2,1-3H3/t12-,13-/m1/s1. The molecule has 2 heterocycles. The smallest absolute Gasteiger partial charge is 0.0702 e. The van der Waals surface area contributed by atoms with Crippen LogP contribution in [0.15, 0.2) is 0 Å². The maximum atomic E-state index is 5.76. The molecule has 0 radical (unpaired) electrons. The SMILES string of the molecule is CC(C)[C@H]1CN(C)CCN1C[C@H]1CCCO1. The van der Waals surface area contributed by atoms with Crippen molar-refractivity contribution in [2.45, 2.75) is 38.8 Å². The van der Waals surface area contributed by atoms with Crippen LogP contribution in [0.25, 0.3) is 0 Å². The Kier molecular flexibility index (Phi) is 4.22. The van der Waals surface area contributed by atoms with Crippen LogP contribution in [-0.2, 0) is 4.74 Å². The van der Waals surface area contributed by atoms with Crippen molar-refractivity contribution in [1.82, 2.24) is 9.80 Å². The first-order chi connectivity index (χ1) is 7.66. The lowest BCUT2D eigenvalue weighted by Crippen LogP contribution is -2.55. The molecule has 2 rings (SSSR count). The molecule has 0 aromatic heterocycles. The van der Waals surface area contributed by atoms with Gasteiger partial charge in [-0.1, -0.05) is 13.8 Å². The van der Waals surface area contributed by atoms with Crippen LogP contribution in [0, 0.1) is 5.92 Å². The van der Waals surface area contributed by atoms with Crippen molar-refractivity contribution < 1.29 is 4.74 Å². The highest BCUT2D eigenvalue weighted by Gasteiger charge is 2.30. The zero-order chi connectivity index (χ0) is 11.5. The summed E-state index contributed by atoms with van der Waals surface area (Å²) < 4.78 is 5.76. The van der Waals surface area contributed by atoms with Gasteiger partial charge in [-0.15, -0.1) is 0 Å². The average Bonchev–Trinajstić information content (AvgIpc) is 2.73. The lowest BCUT2D eigenvalue weighted by Gasteiger charge is -2.43. The number of nitrogens with zero attached hydrogens (tertiary/aromatic N) is 2. The van der Waals surface area contributed by atoms with Crippen molar-refractivity contribution in [2.75, 3.05) is 39.8 Å². The van der Waals surface area contributed by atoms with Gasteiger partial charge in [-0.05, 0) is 25.8 Å². The Morgan fingerprint density at radius 2 is 2.12 bits per heavy atom. The normalized spacial score (nSPS) is 33.8. The minimum absolute atomic E-state index is 0.504. The summed E-state index contributed by atoms with van der Waals surface area (Å²) in [6.45, 7) is 10.4. The molecule has 2 aliphatic rings. The van der Waals surface area contributed by atoms with E-state index in [2.05, 4.69) is 30.7 Å². The molecule has 0 aliphatic carbocycles. The van der Waals surface area contributed by atoms with Crippen molar-refractivity contribution in [1.29, 1.82) is 0 Å². The molecule has 2 fully saturated rings. The fourth-order valence-corrected chi connectivity index (χ4v) is 2.90. The summed E-state index contributed by atoms with van der Waals surface area (Å²) in [6.07, 6.45) is 3.02. The molecule has 0 unspecified atom stereocenters. The van der Waals surface area contributed by atoms with Gasteiger partial charge in [0.25, 0.3) is 0 Å². The number of hydrogen-bond donors (Lipinski definition) is 0. The lowest BCUT2D eigenvalue weighted by molar-refractivity contribution is 0.0121. The van der Waals surface area contributed by atoms with E-state index in [4.69, 9.17) is 4.74 Å². The van der Waals surface area contributed by atoms with Crippen LogP contribution >= 0.6 is 0 Å². The number of ether oxygens (including phenoxy) is 1. The number of likely N-dealkylation sites (N-methyl/N-ethyl adjacent to an activating group) is 1. The average molecular weight is 226 g/mol. The molecule has 0 spiro atoms. The van der Waals surface area contributed by atoms with Crippen molar-refractivity contribution in [3.63, 3.8) is 0 Å². The molecule has 0 aromatic rings. The molecule has 2 aliphatic heterocycles. The van der Waals surface area contributed by atoms with Gasteiger partial charge >= 0.3 is 0 Å². The van der Waals surface area contributed by atoms with Crippen molar-refractivity contribution >= 4 is 0 Å². The van der Waals surface area contributed by atoms with Crippen LogP contribution in [0.4, 0.5) is 0 Å². The first-order valence-electron chi connectivity index (χ1n) is 6.71. The third kappa shape index (κ3) is 2.96. The fourth-order valence-electron chi connectivity index (χ4n) is 2.90. The lowest BCUT2D eigenvalue weighted by atomic mass is 9.99. The number of piperazine rings is 1. The van der Waals surface area contributed by atoms with E-state index < -0.39 is 0 Å². The first kappa shape index (κ1) is 12.3. The summed E-state index contributed by atoms with van der Waals surface area (Å²) in [6, 6.07) is 0.711. The third-order valence-corrected chi connectivity index (χ3v) is 3.97. The van der Waals surface area contributed by atoms with E-state index >= 15 is 0 Å². The van der Waals surface area contributed by atoms with Gasteiger partial charge in [0, 0.05) is 38.8 Å². The Morgan fingerprint density at radius 3 is 2.75 bits per heavy atom. The molecule has 2 atom stereocenters. The highest BCUT2D eigenvalue weighted by atomic mass is 16.5. The second-order valence-electron chi connectivity index (χ2n) is 5.70. The third-order valence-electron chi connectivity index (χ3n) is 3.97. The molecule has 0 bridgehead atoms. The fraction of sp³-hybridized carbons (Fsp3) is 1.00.